The predicted octanol–water partition coefficient (Wildman–Crippen LogP) is 6.25. The molecule has 0 atom stereocenters. The number of benzene rings is 2. The van der Waals surface area contributed by atoms with E-state index in [1.165, 1.54) is 29.2 Å². The largest absolute Gasteiger partial charge is 0.508 e. The highest BCUT2D eigenvalue weighted by molar-refractivity contribution is 6.39. The molecule has 0 saturated carbocycles. The fourth-order valence-corrected chi connectivity index (χ4v) is 5.63. The van der Waals surface area contributed by atoms with E-state index in [-0.39, 0.29) is 46.2 Å². The summed E-state index contributed by atoms with van der Waals surface area (Å²) in [6.07, 6.45) is 7.75. The SMILES string of the molecule is CCn1nc(-c2cccc(-c3cc(O)cc(C(=O)NCCCCCCCN(C)CCO)c3)c2)cc(NC(=O)Nc2c(Cl)cncc2Cl)c1=O. The van der Waals surface area contributed by atoms with Crippen LogP contribution >= 0.6 is 23.2 Å². The molecule has 2 aromatic heterocycles. The Labute approximate surface area is 295 Å². The molecule has 0 unspecified atom stereocenters. The summed E-state index contributed by atoms with van der Waals surface area (Å²) in [5.41, 5.74) is 2.33. The lowest BCUT2D eigenvalue weighted by Crippen LogP contribution is -2.29. The van der Waals surface area contributed by atoms with Gasteiger partial charge in [0.15, 0.2) is 0 Å². The van der Waals surface area contributed by atoms with Gasteiger partial charge in [-0.3, -0.25) is 14.6 Å². The van der Waals surface area contributed by atoms with Gasteiger partial charge in [0, 0.05) is 43.2 Å². The molecule has 2 aromatic carbocycles. The van der Waals surface area contributed by atoms with E-state index in [1.54, 1.807) is 31.2 Å². The number of aryl methyl sites for hydroxylation is 1. The minimum Gasteiger partial charge on any atom is -0.508 e. The molecular formula is C35H41Cl2N7O5. The van der Waals surface area contributed by atoms with Crippen LogP contribution in [0.15, 0.2) is 65.7 Å². The van der Waals surface area contributed by atoms with Gasteiger partial charge in [-0.15, -0.1) is 0 Å². The van der Waals surface area contributed by atoms with E-state index in [9.17, 15) is 19.5 Å². The van der Waals surface area contributed by atoms with Crippen LogP contribution in [0.4, 0.5) is 16.2 Å². The number of unbranched alkanes of at least 4 members (excludes halogenated alkanes) is 4. The van der Waals surface area contributed by atoms with Gasteiger partial charge in [0.2, 0.25) is 0 Å². The molecule has 0 radical (unpaired) electrons. The van der Waals surface area contributed by atoms with Crippen LogP contribution < -0.4 is 21.5 Å². The number of urea groups is 1. The average Bonchev–Trinajstić information content (AvgIpc) is 3.08. The lowest BCUT2D eigenvalue weighted by atomic mass is 9.99. The molecule has 2 heterocycles. The van der Waals surface area contributed by atoms with Gasteiger partial charge in [-0.05, 0) is 74.8 Å². The second kappa shape index (κ2) is 18.3. The van der Waals surface area contributed by atoms with Crippen molar-refractivity contribution in [2.75, 3.05) is 43.9 Å². The molecule has 0 aliphatic carbocycles. The number of aliphatic hydroxyl groups is 1. The molecule has 49 heavy (non-hydrogen) atoms. The number of hydrogen-bond acceptors (Lipinski definition) is 8. The monoisotopic (exact) mass is 709 g/mol. The maximum atomic E-state index is 13.0. The normalized spacial score (nSPS) is 11.1. The van der Waals surface area contributed by atoms with Gasteiger partial charge >= 0.3 is 6.03 Å². The Balaban J connectivity index is 1.44. The third-order valence-electron chi connectivity index (χ3n) is 7.77. The van der Waals surface area contributed by atoms with Crippen LogP contribution in [0.1, 0.15) is 49.4 Å². The molecule has 3 amide bonds. The summed E-state index contributed by atoms with van der Waals surface area (Å²) in [5, 5.41) is 32.3. The number of phenols is 1. The van der Waals surface area contributed by atoms with Gasteiger partial charge in [0.25, 0.3) is 11.5 Å². The maximum Gasteiger partial charge on any atom is 0.323 e. The molecule has 260 valence electrons. The number of halogens is 2. The van der Waals surface area contributed by atoms with Crippen molar-refractivity contribution in [3.05, 3.63) is 86.9 Å². The quantitative estimate of drug-likeness (QED) is 0.0853. The Morgan fingerprint density at radius 3 is 2.35 bits per heavy atom. The number of amides is 3. The number of aromatic nitrogens is 3. The summed E-state index contributed by atoms with van der Waals surface area (Å²) in [5.74, 6) is -0.331. The number of phenolic OH excluding ortho intramolecular Hbond substituents is 1. The second-order valence-corrected chi connectivity index (χ2v) is 12.3. The molecule has 0 spiro atoms. The Bertz CT molecular complexity index is 1800. The fraction of sp³-hybridized carbons (Fsp3) is 0.343. The Hall–Kier alpha value is -4.49. The van der Waals surface area contributed by atoms with Crippen molar-refractivity contribution in [3.8, 4) is 28.1 Å². The van der Waals surface area contributed by atoms with Crippen molar-refractivity contribution < 1.29 is 19.8 Å². The van der Waals surface area contributed by atoms with E-state index in [2.05, 4.69) is 30.9 Å². The van der Waals surface area contributed by atoms with Crippen molar-refractivity contribution in [2.45, 2.75) is 45.6 Å². The first-order chi connectivity index (χ1) is 23.6. The molecule has 0 bridgehead atoms. The summed E-state index contributed by atoms with van der Waals surface area (Å²) in [4.78, 5) is 44.8. The number of hydrogen-bond donors (Lipinski definition) is 5. The average molecular weight is 711 g/mol. The standard InChI is InChI=1S/C35H41Cl2N7O5/c1-3-44-34(48)31(40-35(49)41-32-28(36)21-38-22-29(32)37)20-30(42-44)24-11-9-10-23(16-24)25-17-26(19-27(46)18-25)33(47)39-12-7-5-4-6-8-13-43(2)14-15-45/h9-11,16-22,45-46H,3-8,12-15H2,1-2H3,(H,39,47)(H2,38,40,41,49). The van der Waals surface area contributed by atoms with Crippen LogP contribution in [0.25, 0.3) is 22.4 Å². The Morgan fingerprint density at radius 2 is 1.61 bits per heavy atom. The van der Waals surface area contributed by atoms with E-state index >= 15 is 0 Å². The summed E-state index contributed by atoms with van der Waals surface area (Å²) in [6.45, 7) is 4.34. The number of aliphatic hydroxyl groups excluding tert-OH is 1. The first kappa shape index (κ1) is 37.3. The highest BCUT2D eigenvalue weighted by Gasteiger charge is 2.16. The van der Waals surface area contributed by atoms with Gasteiger partial charge in [0.05, 0.1) is 28.0 Å². The Kier molecular flexibility index (Phi) is 14.0. The van der Waals surface area contributed by atoms with Crippen molar-refractivity contribution >= 4 is 46.5 Å². The molecule has 14 heteroatoms. The molecular weight excluding hydrogens is 669 g/mol. The Morgan fingerprint density at radius 1 is 0.898 bits per heavy atom. The van der Waals surface area contributed by atoms with Crippen molar-refractivity contribution in [1.29, 1.82) is 0 Å². The highest BCUT2D eigenvalue weighted by Crippen LogP contribution is 2.30. The third-order valence-corrected chi connectivity index (χ3v) is 8.34. The topological polar surface area (TPSA) is 162 Å². The molecule has 5 N–H and O–H groups in total. The third kappa shape index (κ3) is 10.8. The maximum absolute atomic E-state index is 13.0. The van der Waals surface area contributed by atoms with Crippen molar-refractivity contribution in [3.63, 3.8) is 0 Å². The summed E-state index contributed by atoms with van der Waals surface area (Å²) < 4.78 is 1.23. The number of aromatic hydroxyl groups is 1. The van der Waals surface area contributed by atoms with E-state index in [1.807, 2.05) is 19.2 Å². The van der Waals surface area contributed by atoms with Crippen molar-refractivity contribution in [1.82, 2.24) is 25.0 Å². The zero-order chi connectivity index (χ0) is 35.3. The van der Waals surface area contributed by atoms with Crippen LogP contribution in [0, 0.1) is 0 Å². The highest BCUT2D eigenvalue weighted by atomic mass is 35.5. The zero-order valence-corrected chi connectivity index (χ0v) is 29.0. The van der Waals surface area contributed by atoms with E-state index in [0.717, 1.165) is 38.6 Å². The van der Waals surface area contributed by atoms with Gasteiger partial charge in [-0.25, -0.2) is 9.48 Å². The van der Waals surface area contributed by atoms with E-state index in [4.69, 9.17) is 28.3 Å². The van der Waals surface area contributed by atoms with E-state index in [0.29, 0.717) is 41.0 Å². The summed E-state index contributed by atoms with van der Waals surface area (Å²) >= 11 is 12.2. The van der Waals surface area contributed by atoms with Crippen LogP contribution in [-0.2, 0) is 6.54 Å². The molecule has 0 aliphatic heterocycles. The minimum absolute atomic E-state index is 0.0157. The summed E-state index contributed by atoms with van der Waals surface area (Å²) in [6, 6.07) is 12.7. The number of anilines is 2. The van der Waals surface area contributed by atoms with Gasteiger partial charge in [0.1, 0.15) is 11.4 Å². The van der Waals surface area contributed by atoms with Crippen molar-refractivity contribution in [2.24, 2.45) is 0 Å². The molecule has 0 fully saturated rings. The zero-order valence-electron chi connectivity index (χ0n) is 27.5. The predicted molar refractivity (Wildman–Crippen MR) is 194 cm³/mol. The number of carbonyl (C=O) groups excluding carboxylic acids is 2. The number of carbonyl (C=O) groups is 2. The first-order valence-electron chi connectivity index (χ1n) is 16.1. The minimum atomic E-state index is -0.732. The summed E-state index contributed by atoms with van der Waals surface area (Å²) in [7, 11) is 2.00. The van der Waals surface area contributed by atoms with Crippen LogP contribution in [0.3, 0.4) is 0 Å². The fourth-order valence-electron chi connectivity index (χ4n) is 5.18. The first-order valence-corrected chi connectivity index (χ1v) is 16.9. The second-order valence-electron chi connectivity index (χ2n) is 11.5. The van der Waals surface area contributed by atoms with Crippen LogP contribution in [0.2, 0.25) is 10.0 Å². The molecule has 4 aromatic rings. The molecule has 0 saturated heterocycles. The van der Waals surface area contributed by atoms with Gasteiger partial charge in [-0.2, -0.15) is 5.10 Å². The van der Waals surface area contributed by atoms with Gasteiger partial charge < -0.3 is 31.1 Å². The number of nitrogens with zero attached hydrogens (tertiary/aromatic N) is 4. The number of nitrogens with one attached hydrogen (secondary N) is 3. The van der Waals surface area contributed by atoms with Crippen LogP contribution in [0.5, 0.6) is 5.75 Å². The van der Waals surface area contributed by atoms with E-state index < -0.39 is 11.6 Å². The smallest absolute Gasteiger partial charge is 0.323 e. The molecule has 12 nitrogen and oxygen atoms in total. The van der Waals surface area contributed by atoms with Gasteiger partial charge in [-0.1, -0.05) is 60.7 Å². The molecule has 0 aliphatic rings. The lowest BCUT2D eigenvalue weighted by Gasteiger charge is -2.14. The lowest BCUT2D eigenvalue weighted by molar-refractivity contribution is 0.0952. The molecule has 4 rings (SSSR count). The van der Waals surface area contributed by atoms with Crippen LogP contribution in [-0.4, -0.2) is 75.1 Å². The number of likely N-dealkylation sites (N-methyl/N-ethyl adjacent to an activating group) is 1. The number of pyridine rings is 1. The number of rotatable bonds is 16.